The van der Waals surface area contributed by atoms with Crippen LogP contribution < -0.4 is 0 Å². The fraction of sp³-hybridized carbons (Fsp3) is 1.00. The minimum Gasteiger partial charge on any atom is -0.281 e. The smallest absolute Gasteiger partial charge is 0.281 e. The van der Waals surface area contributed by atoms with Crippen molar-refractivity contribution < 1.29 is 34.9 Å². The number of halogens is 5. The normalized spacial score (nSPS) is 13.8. The number of rotatable bonds is 1. The van der Waals surface area contributed by atoms with E-state index in [-0.39, 0.29) is 18.9 Å². The van der Waals surface area contributed by atoms with Crippen LogP contribution in [0.4, 0.5) is 22.0 Å². The second-order valence-electron chi connectivity index (χ2n) is 1.49. The van der Waals surface area contributed by atoms with Crippen molar-refractivity contribution in [1.29, 1.82) is 0 Å². The van der Waals surface area contributed by atoms with Gasteiger partial charge >= 0.3 is 21.5 Å². The van der Waals surface area contributed by atoms with Crippen LogP contribution >= 0.6 is 0 Å². The largest absolute Gasteiger partial charge is 0.472 e. The van der Waals surface area contributed by atoms with Crippen LogP contribution in [0, 0.1) is 0 Å². The first-order valence-electron chi connectivity index (χ1n) is 1.91. The van der Waals surface area contributed by atoms with Gasteiger partial charge in [-0.25, -0.2) is 0 Å². The maximum Gasteiger partial charge on any atom is 0.472 e. The van der Waals surface area contributed by atoms with E-state index in [0.717, 1.165) is 0 Å². The molecule has 1 N–H and O–H groups in total. The molecule has 0 bridgehead atoms. The molecular formula is C2HF5LiO3S. The molecule has 0 aromatic heterocycles. The summed E-state index contributed by atoms with van der Waals surface area (Å²) in [6.07, 6.45) is -6.29. The van der Waals surface area contributed by atoms with Gasteiger partial charge in [-0.1, -0.05) is 0 Å². The Morgan fingerprint density at radius 1 is 1.00 bits per heavy atom. The van der Waals surface area contributed by atoms with E-state index >= 15 is 0 Å². The Morgan fingerprint density at radius 2 is 1.25 bits per heavy atom. The fourth-order valence-electron chi connectivity index (χ4n) is 0.146. The van der Waals surface area contributed by atoms with Gasteiger partial charge < -0.3 is 0 Å². The van der Waals surface area contributed by atoms with Crippen molar-refractivity contribution in [2.45, 2.75) is 11.4 Å². The summed E-state index contributed by atoms with van der Waals surface area (Å²) in [5, 5.41) is -6.10. The van der Waals surface area contributed by atoms with E-state index < -0.39 is 21.5 Å². The van der Waals surface area contributed by atoms with E-state index in [1.54, 1.807) is 0 Å². The molecule has 10 heteroatoms. The second-order valence-corrected chi connectivity index (χ2v) is 2.95. The maximum atomic E-state index is 11.5. The third-order valence-electron chi connectivity index (χ3n) is 0.654. The molecule has 0 saturated carbocycles. The first-order chi connectivity index (χ1) is 4.50. The number of hydrogen-bond acceptors (Lipinski definition) is 2. The van der Waals surface area contributed by atoms with Crippen molar-refractivity contribution >= 4 is 29.0 Å². The molecular weight excluding hydrogens is 206 g/mol. The van der Waals surface area contributed by atoms with E-state index in [4.69, 9.17) is 4.55 Å². The summed E-state index contributed by atoms with van der Waals surface area (Å²) in [6.45, 7) is 0. The first kappa shape index (κ1) is 14.7. The minimum absolute atomic E-state index is 0. The van der Waals surface area contributed by atoms with Crippen LogP contribution in [0.15, 0.2) is 0 Å². The molecule has 0 rings (SSSR count). The van der Waals surface area contributed by atoms with Crippen LogP contribution in [0.3, 0.4) is 0 Å². The Kier molecular flexibility index (Phi) is 4.27. The summed E-state index contributed by atoms with van der Waals surface area (Å²) >= 11 is 0. The average Bonchev–Trinajstić information content (AvgIpc) is 1.58. The molecule has 69 valence electrons. The van der Waals surface area contributed by atoms with Gasteiger partial charge in [-0.15, -0.1) is 0 Å². The van der Waals surface area contributed by atoms with E-state index in [2.05, 4.69) is 0 Å². The molecule has 0 unspecified atom stereocenters. The molecule has 0 heterocycles. The van der Waals surface area contributed by atoms with Gasteiger partial charge in [0.2, 0.25) is 0 Å². The topological polar surface area (TPSA) is 54.4 Å². The number of alkyl halides is 5. The predicted octanol–water partition coefficient (Wildman–Crippen LogP) is 0.649. The molecule has 0 spiro atoms. The Labute approximate surface area is 75.9 Å². The van der Waals surface area contributed by atoms with Crippen molar-refractivity contribution in [3.8, 4) is 0 Å². The first-order valence-corrected chi connectivity index (χ1v) is 3.36. The predicted molar refractivity (Wildman–Crippen MR) is 28.3 cm³/mol. The van der Waals surface area contributed by atoms with Crippen LogP contribution in [0.5, 0.6) is 0 Å². The van der Waals surface area contributed by atoms with E-state index in [1.165, 1.54) is 0 Å². The van der Waals surface area contributed by atoms with Gasteiger partial charge in [-0.05, 0) is 0 Å². The molecule has 0 atom stereocenters. The summed E-state index contributed by atoms with van der Waals surface area (Å²) in [5.41, 5.74) is 0. The summed E-state index contributed by atoms with van der Waals surface area (Å²) in [5.74, 6) is 0. The Hall–Kier alpha value is 0.157. The fourth-order valence-corrected chi connectivity index (χ4v) is 0.439. The van der Waals surface area contributed by atoms with E-state index in [1.807, 2.05) is 0 Å². The Bertz CT molecular complexity index is 242. The van der Waals surface area contributed by atoms with Gasteiger partial charge in [0.05, 0.1) is 0 Å². The van der Waals surface area contributed by atoms with Gasteiger partial charge in [0.1, 0.15) is 0 Å². The van der Waals surface area contributed by atoms with Crippen LogP contribution in [0.1, 0.15) is 0 Å². The Balaban J connectivity index is 0. The zero-order valence-electron chi connectivity index (χ0n) is 5.56. The van der Waals surface area contributed by atoms with Crippen LogP contribution in [0.2, 0.25) is 0 Å². The number of hydrogen-bond donors (Lipinski definition) is 1. The molecule has 0 aliphatic rings. The van der Waals surface area contributed by atoms with Crippen molar-refractivity contribution in [3.05, 3.63) is 0 Å². The van der Waals surface area contributed by atoms with Gasteiger partial charge in [-0.3, -0.25) is 4.55 Å². The van der Waals surface area contributed by atoms with E-state index in [0.29, 0.717) is 0 Å². The zero-order chi connectivity index (χ0) is 9.50. The summed E-state index contributed by atoms with van der Waals surface area (Å²) in [7, 11) is -6.42. The third kappa shape index (κ3) is 2.58. The maximum absolute atomic E-state index is 11.5. The summed E-state index contributed by atoms with van der Waals surface area (Å²) in [4.78, 5) is 0. The molecule has 1 radical (unpaired) electrons. The van der Waals surface area contributed by atoms with E-state index in [9.17, 15) is 30.4 Å². The molecule has 0 aliphatic heterocycles. The molecule has 0 saturated heterocycles. The third-order valence-corrected chi connectivity index (χ3v) is 1.53. The summed E-state index contributed by atoms with van der Waals surface area (Å²) in [6, 6.07) is 0. The summed E-state index contributed by atoms with van der Waals surface area (Å²) < 4.78 is 82.2. The SMILES string of the molecule is O=S(=O)(O)C(F)(F)C(F)(F)F.[Li]. The molecule has 0 aromatic rings. The van der Waals surface area contributed by atoms with Crippen molar-refractivity contribution in [2.24, 2.45) is 0 Å². The molecule has 3 nitrogen and oxygen atoms in total. The van der Waals surface area contributed by atoms with Crippen molar-refractivity contribution in [3.63, 3.8) is 0 Å². The molecule has 0 fully saturated rings. The van der Waals surface area contributed by atoms with Gasteiger partial charge in [0.25, 0.3) is 0 Å². The van der Waals surface area contributed by atoms with Crippen LogP contribution in [-0.2, 0) is 10.1 Å². The average molecular weight is 207 g/mol. The molecule has 0 amide bonds. The van der Waals surface area contributed by atoms with Gasteiger partial charge in [0.15, 0.2) is 0 Å². The van der Waals surface area contributed by atoms with Gasteiger partial charge in [0, 0.05) is 18.9 Å². The second kappa shape index (κ2) is 3.49. The minimum atomic E-state index is -6.42. The molecule has 0 aliphatic carbocycles. The van der Waals surface area contributed by atoms with Crippen LogP contribution in [-0.4, -0.2) is 43.3 Å². The van der Waals surface area contributed by atoms with Crippen molar-refractivity contribution in [2.75, 3.05) is 0 Å². The van der Waals surface area contributed by atoms with Crippen molar-refractivity contribution in [1.82, 2.24) is 0 Å². The monoisotopic (exact) mass is 207 g/mol. The Morgan fingerprint density at radius 3 is 1.25 bits per heavy atom. The zero-order valence-corrected chi connectivity index (χ0v) is 6.38. The molecule has 0 aromatic carbocycles. The van der Waals surface area contributed by atoms with Gasteiger partial charge in [-0.2, -0.15) is 30.4 Å². The quantitative estimate of drug-likeness (QED) is 0.390. The molecule has 12 heavy (non-hydrogen) atoms. The standard InChI is InChI=1S/C2HF5O3S.Li/c3-1(4,5)2(6,7)11(8,9)10;/h(H,8,9,10);. The van der Waals surface area contributed by atoms with Crippen LogP contribution in [0.25, 0.3) is 0 Å².